The molecule has 0 aromatic heterocycles. The van der Waals surface area contributed by atoms with Crippen LogP contribution in [0.1, 0.15) is 65.0 Å². The molecule has 1 aromatic rings. The molecule has 22 heavy (non-hydrogen) atoms. The molecule has 1 aliphatic rings. The summed E-state index contributed by atoms with van der Waals surface area (Å²) in [5.41, 5.74) is 4.21. The van der Waals surface area contributed by atoms with Gasteiger partial charge in [0.25, 0.3) is 0 Å². The van der Waals surface area contributed by atoms with Crippen LogP contribution < -0.4 is 4.74 Å². The summed E-state index contributed by atoms with van der Waals surface area (Å²) in [6, 6.07) is 6.66. The fourth-order valence-electron chi connectivity index (χ4n) is 3.73. The maximum absolute atomic E-state index is 5.92. The summed E-state index contributed by atoms with van der Waals surface area (Å²) in [6.07, 6.45) is 10.2. The van der Waals surface area contributed by atoms with Crippen molar-refractivity contribution in [1.82, 2.24) is 0 Å². The average Bonchev–Trinajstić information content (AvgIpc) is 3.03. The normalized spacial score (nSPS) is 15.1. The second-order valence-corrected chi connectivity index (χ2v) is 7.22. The minimum atomic E-state index is 0.0552. The van der Waals surface area contributed by atoms with E-state index in [1.54, 1.807) is 0 Å². The number of benzene rings is 1. The molecule has 1 aromatic carbocycles. The van der Waals surface area contributed by atoms with E-state index in [1.807, 2.05) is 7.11 Å². The van der Waals surface area contributed by atoms with Gasteiger partial charge in [-0.3, -0.25) is 0 Å². The van der Waals surface area contributed by atoms with E-state index >= 15 is 0 Å². The van der Waals surface area contributed by atoms with Gasteiger partial charge in [0.05, 0.1) is 7.11 Å². The Morgan fingerprint density at radius 2 is 1.68 bits per heavy atom. The summed E-state index contributed by atoms with van der Waals surface area (Å²) in [5, 5.41) is 0. The molecule has 0 bridgehead atoms. The van der Waals surface area contributed by atoms with E-state index in [0.717, 1.165) is 25.0 Å². The predicted molar refractivity (Wildman–Crippen MR) is 95.8 cm³/mol. The summed E-state index contributed by atoms with van der Waals surface area (Å²) in [5.74, 6) is 1.07. The molecule has 0 atom stereocenters. The summed E-state index contributed by atoms with van der Waals surface area (Å²) in [4.78, 5) is 0. The van der Waals surface area contributed by atoms with Crippen molar-refractivity contribution in [1.29, 1.82) is 0 Å². The van der Waals surface area contributed by atoms with Crippen molar-refractivity contribution in [2.75, 3.05) is 7.11 Å². The van der Waals surface area contributed by atoms with Crippen LogP contribution in [0.5, 0.6) is 5.75 Å². The lowest BCUT2D eigenvalue weighted by atomic mass is 9.68. The van der Waals surface area contributed by atoms with Crippen LogP contribution in [0.4, 0.5) is 0 Å². The topological polar surface area (TPSA) is 9.23 Å². The van der Waals surface area contributed by atoms with Crippen molar-refractivity contribution in [3.63, 3.8) is 0 Å². The molecule has 0 saturated carbocycles. The van der Waals surface area contributed by atoms with Gasteiger partial charge in [0.1, 0.15) is 5.75 Å². The summed E-state index contributed by atoms with van der Waals surface area (Å²) >= 11 is 0. The van der Waals surface area contributed by atoms with E-state index in [-0.39, 0.29) is 10.8 Å². The van der Waals surface area contributed by atoms with Crippen LogP contribution in [-0.4, -0.2) is 7.11 Å². The molecule has 1 nitrogen and oxygen atoms in total. The van der Waals surface area contributed by atoms with Crippen LogP contribution in [-0.2, 0) is 10.8 Å². The third-order valence-electron chi connectivity index (χ3n) is 5.07. The van der Waals surface area contributed by atoms with Gasteiger partial charge in [-0.2, -0.15) is 0 Å². The molecular formula is C21H30O. The zero-order valence-electron chi connectivity index (χ0n) is 15.0. The molecule has 0 spiro atoms. The highest BCUT2D eigenvalue weighted by atomic mass is 16.5. The molecule has 0 unspecified atom stereocenters. The Balaban J connectivity index is 2.70. The van der Waals surface area contributed by atoms with Crippen molar-refractivity contribution >= 4 is 0 Å². The number of rotatable bonds is 5. The first kappa shape index (κ1) is 16.9. The average molecular weight is 298 g/mol. The minimum absolute atomic E-state index is 0.0552. The Kier molecular flexibility index (Phi) is 4.84. The third-order valence-corrected chi connectivity index (χ3v) is 5.07. The second-order valence-electron chi connectivity index (χ2n) is 7.22. The molecule has 0 radical (unpaired) electrons. The molecule has 0 N–H and O–H groups in total. The van der Waals surface area contributed by atoms with Gasteiger partial charge >= 0.3 is 0 Å². The predicted octanol–water partition coefficient (Wildman–Crippen LogP) is 5.94. The van der Waals surface area contributed by atoms with E-state index in [4.69, 9.17) is 4.74 Å². The first-order valence-electron chi connectivity index (χ1n) is 8.45. The highest BCUT2D eigenvalue weighted by Crippen LogP contribution is 2.47. The largest absolute Gasteiger partial charge is 0.496 e. The number of para-hydroxylation sites is 1. The third kappa shape index (κ3) is 2.74. The molecule has 2 rings (SSSR count). The molecule has 1 heteroatoms. The van der Waals surface area contributed by atoms with Crippen molar-refractivity contribution in [2.45, 2.75) is 64.7 Å². The summed E-state index contributed by atoms with van der Waals surface area (Å²) in [7, 11) is 1.81. The van der Waals surface area contributed by atoms with Gasteiger partial charge in [-0.1, -0.05) is 71.0 Å². The number of ether oxygens (including phenoxy) is 1. The highest BCUT2D eigenvalue weighted by Gasteiger charge is 2.36. The number of allylic oxidation sites excluding steroid dienone is 4. The van der Waals surface area contributed by atoms with Crippen LogP contribution in [0.25, 0.3) is 0 Å². The van der Waals surface area contributed by atoms with E-state index in [0.29, 0.717) is 0 Å². The zero-order chi connectivity index (χ0) is 16.4. The second kappa shape index (κ2) is 6.32. The van der Waals surface area contributed by atoms with Crippen molar-refractivity contribution < 1.29 is 4.74 Å². The molecule has 0 amide bonds. The monoisotopic (exact) mass is 298 g/mol. The van der Waals surface area contributed by atoms with Gasteiger partial charge < -0.3 is 4.74 Å². The van der Waals surface area contributed by atoms with Crippen LogP contribution >= 0.6 is 0 Å². The van der Waals surface area contributed by atoms with Gasteiger partial charge in [-0.25, -0.2) is 0 Å². The van der Waals surface area contributed by atoms with Gasteiger partial charge in [0, 0.05) is 11.0 Å². The maximum atomic E-state index is 5.92. The smallest absolute Gasteiger partial charge is 0.126 e. The Labute approximate surface area is 136 Å². The van der Waals surface area contributed by atoms with Crippen molar-refractivity contribution in [2.24, 2.45) is 0 Å². The Morgan fingerprint density at radius 1 is 1.05 bits per heavy atom. The molecule has 1 aliphatic carbocycles. The van der Waals surface area contributed by atoms with E-state index in [9.17, 15) is 0 Å². The molecular weight excluding hydrogens is 268 g/mol. The van der Waals surface area contributed by atoms with Crippen LogP contribution in [0.2, 0.25) is 0 Å². The van der Waals surface area contributed by atoms with Crippen molar-refractivity contribution in [3.05, 3.63) is 53.1 Å². The molecule has 0 fully saturated rings. The summed E-state index contributed by atoms with van der Waals surface area (Å²) < 4.78 is 5.92. The Morgan fingerprint density at radius 3 is 2.14 bits per heavy atom. The summed E-state index contributed by atoms with van der Waals surface area (Å²) in [6.45, 7) is 11.3. The fourth-order valence-corrected chi connectivity index (χ4v) is 3.73. The molecule has 0 saturated heterocycles. The Bertz CT molecular complexity index is 580. The van der Waals surface area contributed by atoms with Crippen LogP contribution in [0, 0.1) is 0 Å². The molecule has 0 heterocycles. The molecule has 0 aliphatic heterocycles. The highest BCUT2D eigenvalue weighted by molar-refractivity contribution is 5.54. The fraction of sp³-hybridized carbons (Fsp3) is 0.524. The van der Waals surface area contributed by atoms with Crippen LogP contribution in [0.15, 0.2) is 42.0 Å². The quantitative estimate of drug-likeness (QED) is 0.654. The van der Waals surface area contributed by atoms with E-state index in [1.165, 1.54) is 16.7 Å². The van der Waals surface area contributed by atoms with Gasteiger partial charge in [0.2, 0.25) is 0 Å². The number of methoxy groups -OCH3 is 1. The SMILES string of the molecule is CCC(CC)(C1=CCC=C1)c1cccc(C(C)(C)C)c1OC. The van der Waals surface area contributed by atoms with Gasteiger partial charge in [-0.15, -0.1) is 0 Å². The first-order chi connectivity index (χ1) is 10.4. The maximum Gasteiger partial charge on any atom is 0.126 e. The van der Waals surface area contributed by atoms with Crippen LogP contribution in [0.3, 0.4) is 0 Å². The zero-order valence-corrected chi connectivity index (χ0v) is 15.0. The minimum Gasteiger partial charge on any atom is -0.496 e. The van der Waals surface area contributed by atoms with E-state index < -0.39 is 0 Å². The van der Waals surface area contributed by atoms with Gasteiger partial charge in [0.15, 0.2) is 0 Å². The van der Waals surface area contributed by atoms with Gasteiger partial charge in [-0.05, 0) is 35.8 Å². The first-order valence-corrected chi connectivity index (χ1v) is 8.45. The standard InChI is InChI=1S/C21H30O/c1-7-21(8-2,16-12-9-10-13-16)18-15-11-14-17(19(18)22-6)20(3,4)5/h9,11-15H,7-8,10H2,1-6H3. The Hall–Kier alpha value is -1.50. The van der Waals surface area contributed by atoms with E-state index in [2.05, 4.69) is 71.0 Å². The number of hydrogen-bond acceptors (Lipinski definition) is 1. The van der Waals surface area contributed by atoms with Crippen molar-refractivity contribution in [3.8, 4) is 5.75 Å². The molecule has 120 valence electrons. The lowest BCUT2D eigenvalue weighted by Crippen LogP contribution is -2.28. The number of hydrogen-bond donors (Lipinski definition) is 0. The lowest BCUT2D eigenvalue weighted by molar-refractivity contribution is 0.371. The lowest BCUT2D eigenvalue weighted by Gasteiger charge is -2.36.